The Labute approximate surface area is 510 Å². The summed E-state index contributed by atoms with van der Waals surface area (Å²) in [5, 5.41) is 7.01. The van der Waals surface area contributed by atoms with E-state index in [9.17, 15) is 0 Å². The van der Waals surface area contributed by atoms with Crippen LogP contribution in [0.25, 0.3) is 110 Å². The average molecular weight is 1290 g/mol. The van der Waals surface area contributed by atoms with Crippen LogP contribution in [0.4, 0.5) is 0 Å². The van der Waals surface area contributed by atoms with Gasteiger partial charge in [-0.1, -0.05) is 160 Å². The van der Waals surface area contributed by atoms with Crippen LogP contribution in [0, 0.1) is 18.5 Å². The standard InChI is InChI=1S/C76H48BN5O3.Pt/c1-76(2,3)48-36-37-78-72(42-48)81-62-27-9-4-20-54(62)57-35-34-51(44-67(57)81)83-50-19-16-18-49(43-50)79-45-80(66-31-13-12-30-65(66)79)74-52(46-38-58-55-21-5-10-28-63(55)82-64-29-11-6-22-56(64)59(39-46)75(58)82)23-17-24-53(74)47-40-70-73-71(41-47)85-69-33-15-8-26-61(69)77(73)60-25-7-14-32-68(60)84-70;/h4-42H,1-3H3;/q-2;. The SMILES string of the molecule is CC(C)(C)c1ccnc(-n2c3[c-]c(Oc4[c-]c(-n5[c-][n+](-c6c(-c7cc8c9c(c7)Oc7ccccc7B9c7ccccc7O8)cccc6-c6cc7c8ccccc8n8c9ccccc9c(c6)c78)c6ccccc65)ccc4)ccc3c3ccccc32)c1.[Pt]. The molecule has 0 unspecified atom stereocenters. The molecule has 0 bridgehead atoms. The number of hydrogen-bond acceptors (Lipinski definition) is 4. The van der Waals surface area contributed by atoms with E-state index in [4.69, 9.17) is 19.2 Å². The van der Waals surface area contributed by atoms with Gasteiger partial charge < -0.3 is 27.7 Å². The van der Waals surface area contributed by atoms with Gasteiger partial charge in [-0.3, -0.25) is 4.57 Å². The number of fused-ring (bicyclic) bond motifs is 14. The Kier molecular flexibility index (Phi) is 11.1. The Morgan fingerprint density at radius 2 is 1.07 bits per heavy atom. The van der Waals surface area contributed by atoms with E-state index in [1.807, 2.05) is 36.5 Å². The van der Waals surface area contributed by atoms with E-state index in [0.29, 0.717) is 11.5 Å². The molecule has 0 saturated heterocycles. The maximum Gasteiger partial charge on any atom is 0.268 e. The minimum absolute atomic E-state index is 0. The first-order chi connectivity index (χ1) is 41.8. The zero-order chi connectivity index (χ0) is 56.2. The van der Waals surface area contributed by atoms with Crippen molar-refractivity contribution in [2.24, 2.45) is 0 Å². The van der Waals surface area contributed by atoms with Gasteiger partial charge in [0.25, 0.3) is 13.0 Å². The fraction of sp³-hybridized carbons (Fsp3) is 0.0526. The zero-order valence-corrected chi connectivity index (χ0v) is 49.1. The molecule has 86 heavy (non-hydrogen) atoms. The Bertz CT molecular complexity index is 5340. The largest absolute Gasteiger partial charge is 0.510 e. The first kappa shape index (κ1) is 50.3. The maximum absolute atomic E-state index is 6.95. The van der Waals surface area contributed by atoms with Gasteiger partial charge in [0.05, 0.1) is 33.3 Å². The summed E-state index contributed by atoms with van der Waals surface area (Å²) in [6, 6.07) is 88.8. The molecule has 0 spiro atoms. The van der Waals surface area contributed by atoms with Gasteiger partial charge in [0.1, 0.15) is 28.8 Å². The Hall–Kier alpha value is -10.2. The first-order valence-electron chi connectivity index (χ1n) is 28.9. The molecule has 16 aromatic rings. The Morgan fingerprint density at radius 1 is 0.500 bits per heavy atom. The Balaban J connectivity index is 0.00000578. The molecular formula is C76H48BN5O3Pt-2. The van der Waals surface area contributed by atoms with Gasteiger partial charge in [-0.25, -0.2) is 4.98 Å². The molecule has 0 fully saturated rings. The summed E-state index contributed by atoms with van der Waals surface area (Å²) < 4.78 is 29.6. The van der Waals surface area contributed by atoms with Crippen LogP contribution in [0.15, 0.2) is 237 Å². The molecule has 0 amide bonds. The molecule has 0 atom stereocenters. The predicted octanol–water partition coefficient (Wildman–Crippen LogP) is 16.1. The van der Waals surface area contributed by atoms with Gasteiger partial charge in [0.15, 0.2) is 0 Å². The molecule has 0 saturated carbocycles. The van der Waals surface area contributed by atoms with Crippen LogP contribution in [0.5, 0.6) is 34.5 Å². The van der Waals surface area contributed by atoms with Crippen molar-refractivity contribution in [2.45, 2.75) is 26.2 Å². The van der Waals surface area contributed by atoms with Crippen molar-refractivity contribution >= 4 is 94.0 Å². The van der Waals surface area contributed by atoms with Crippen molar-refractivity contribution in [3.8, 4) is 73.9 Å². The van der Waals surface area contributed by atoms with Crippen molar-refractivity contribution in [2.75, 3.05) is 0 Å². The smallest absolute Gasteiger partial charge is 0.268 e. The molecule has 7 heterocycles. The minimum Gasteiger partial charge on any atom is -0.510 e. The van der Waals surface area contributed by atoms with Crippen LogP contribution in [0.1, 0.15) is 26.3 Å². The summed E-state index contributed by atoms with van der Waals surface area (Å²) in [7, 11) is 0. The molecule has 410 valence electrons. The fourth-order valence-corrected chi connectivity index (χ4v) is 13.7. The minimum atomic E-state index is -0.0571. The third-order valence-electron chi connectivity index (χ3n) is 17.6. The van der Waals surface area contributed by atoms with E-state index in [0.717, 1.165) is 112 Å². The predicted molar refractivity (Wildman–Crippen MR) is 342 cm³/mol. The molecule has 8 nitrogen and oxygen atoms in total. The fourth-order valence-electron chi connectivity index (χ4n) is 13.7. The molecule has 2 aliphatic rings. The second-order valence-corrected chi connectivity index (χ2v) is 23.4. The number of rotatable bonds is 7. The molecule has 0 aliphatic carbocycles. The molecule has 0 radical (unpaired) electrons. The van der Waals surface area contributed by atoms with Gasteiger partial charge in [0.2, 0.25) is 0 Å². The summed E-state index contributed by atoms with van der Waals surface area (Å²) in [4.78, 5) is 4.91. The molecule has 11 aromatic carbocycles. The molecule has 18 rings (SSSR count). The van der Waals surface area contributed by atoms with Crippen LogP contribution in [0.3, 0.4) is 0 Å². The average Bonchev–Trinajstić information content (AvgIpc) is 1.84. The normalized spacial score (nSPS) is 12.7. The van der Waals surface area contributed by atoms with E-state index in [2.05, 4.69) is 258 Å². The number of hydrogen-bond donors (Lipinski definition) is 0. The second kappa shape index (κ2) is 18.9. The summed E-state index contributed by atoms with van der Waals surface area (Å²) in [5.41, 5.74) is 17.6. The van der Waals surface area contributed by atoms with Crippen molar-refractivity contribution in [3.05, 3.63) is 261 Å². The maximum atomic E-state index is 6.95. The van der Waals surface area contributed by atoms with Crippen LogP contribution in [-0.2, 0) is 26.5 Å². The molecule has 5 aromatic heterocycles. The van der Waals surface area contributed by atoms with Gasteiger partial charge in [-0.05, 0) is 122 Å². The summed E-state index contributed by atoms with van der Waals surface area (Å²) in [6.07, 6.45) is 5.83. The van der Waals surface area contributed by atoms with E-state index >= 15 is 0 Å². The first-order valence-corrected chi connectivity index (χ1v) is 28.9. The summed E-state index contributed by atoms with van der Waals surface area (Å²) in [5.74, 6) is 5.16. The van der Waals surface area contributed by atoms with Crippen molar-refractivity contribution < 1.29 is 39.8 Å². The third-order valence-corrected chi connectivity index (χ3v) is 17.6. The number of ether oxygens (including phenoxy) is 3. The van der Waals surface area contributed by atoms with E-state index in [-0.39, 0.29) is 33.2 Å². The van der Waals surface area contributed by atoms with Gasteiger partial charge in [-0.2, -0.15) is 18.2 Å². The van der Waals surface area contributed by atoms with Gasteiger partial charge >= 0.3 is 0 Å². The number of aromatic nitrogens is 5. The topological polar surface area (TPSA) is 58.7 Å². The summed E-state index contributed by atoms with van der Waals surface area (Å²) >= 11 is 0. The number of benzene rings is 11. The van der Waals surface area contributed by atoms with Crippen molar-refractivity contribution in [1.82, 2.24) is 18.5 Å². The Morgan fingerprint density at radius 3 is 1.74 bits per heavy atom. The number of pyridine rings is 1. The number of imidazole rings is 1. The van der Waals surface area contributed by atoms with Gasteiger partial charge in [-0.15, -0.1) is 29.7 Å². The molecular weight excluding hydrogens is 1240 g/mol. The van der Waals surface area contributed by atoms with Crippen LogP contribution in [-0.4, -0.2) is 25.2 Å². The zero-order valence-electron chi connectivity index (χ0n) is 46.9. The molecule has 0 N–H and O–H groups in total. The van der Waals surface area contributed by atoms with Crippen LogP contribution >= 0.6 is 0 Å². The van der Waals surface area contributed by atoms with E-state index in [1.54, 1.807) is 0 Å². The van der Waals surface area contributed by atoms with Crippen molar-refractivity contribution in [1.29, 1.82) is 0 Å². The van der Waals surface area contributed by atoms with E-state index < -0.39 is 0 Å². The summed E-state index contributed by atoms with van der Waals surface area (Å²) in [6.45, 7) is 6.63. The molecule has 10 heteroatoms. The monoisotopic (exact) mass is 1280 g/mol. The second-order valence-electron chi connectivity index (χ2n) is 23.4. The number of para-hydroxylation sites is 8. The third kappa shape index (κ3) is 7.47. The van der Waals surface area contributed by atoms with Crippen molar-refractivity contribution in [3.63, 3.8) is 0 Å². The van der Waals surface area contributed by atoms with Gasteiger partial charge in [0, 0.05) is 71.3 Å². The van der Waals surface area contributed by atoms with Crippen LogP contribution in [0.2, 0.25) is 0 Å². The number of nitrogens with zero attached hydrogens (tertiary/aromatic N) is 5. The van der Waals surface area contributed by atoms with Crippen LogP contribution < -0.4 is 35.2 Å². The quantitative estimate of drug-likeness (QED) is 0.0906. The van der Waals surface area contributed by atoms with E-state index in [1.165, 1.54) is 43.7 Å². The molecule has 2 aliphatic heterocycles.